The lowest BCUT2D eigenvalue weighted by atomic mass is 9.80. The zero-order valence-corrected chi connectivity index (χ0v) is 14.8. The maximum Gasteiger partial charge on any atom is 0.336 e. The number of ether oxygens (including phenoxy) is 1. The van der Waals surface area contributed by atoms with E-state index in [2.05, 4.69) is 4.99 Å². The molecule has 0 amide bonds. The van der Waals surface area contributed by atoms with Crippen LogP contribution in [0.4, 0.5) is 5.69 Å². The largest absolute Gasteiger partial charge is 0.463 e. The van der Waals surface area contributed by atoms with Gasteiger partial charge in [0.15, 0.2) is 0 Å². The Balaban J connectivity index is 2.78. The summed E-state index contributed by atoms with van der Waals surface area (Å²) in [5.41, 5.74) is 13.0. The van der Waals surface area contributed by atoms with Crippen molar-refractivity contribution in [2.24, 2.45) is 16.5 Å². The van der Waals surface area contributed by atoms with E-state index in [4.69, 9.17) is 16.2 Å². The standard InChI is InChI=1S/C18H22N4O4/c1-3-7-13-16(18(23)26-4-2)15(12(10-19)17(20)21-13)11-8-5-6-9-14(11)22(24)25/h5-6,8-10,15H,3-4,7,19H2,1-2H3,(H2,20,21)/b12-10-. The number of hydrogen-bond acceptors (Lipinski definition) is 7. The maximum absolute atomic E-state index is 12.7. The van der Waals surface area contributed by atoms with Crippen LogP contribution < -0.4 is 11.5 Å². The third-order valence-corrected chi connectivity index (χ3v) is 4.07. The summed E-state index contributed by atoms with van der Waals surface area (Å²) >= 11 is 0. The summed E-state index contributed by atoms with van der Waals surface area (Å²) in [6, 6.07) is 6.20. The second-order valence-corrected chi connectivity index (χ2v) is 5.70. The fourth-order valence-electron chi connectivity index (χ4n) is 3.01. The molecule has 8 nitrogen and oxygen atoms in total. The molecule has 0 bridgehead atoms. The molecule has 0 saturated heterocycles. The number of allylic oxidation sites excluding steroid dienone is 1. The predicted octanol–water partition coefficient (Wildman–Crippen LogP) is 2.51. The number of hydrogen-bond donors (Lipinski definition) is 2. The molecule has 1 aromatic carbocycles. The van der Waals surface area contributed by atoms with E-state index < -0.39 is 16.8 Å². The summed E-state index contributed by atoms with van der Waals surface area (Å²) in [7, 11) is 0. The molecule has 4 N–H and O–H groups in total. The minimum atomic E-state index is -0.806. The molecule has 1 unspecified atom stereocenters. The van der Waals surface area contributed by atoms with Crippen molar-refractivity contribution in [3.63, 3.8) is 0 Å². The van der Waals surface area contributed by atoms with E-state index in [-0.39, 0.29) is 23.7 Å². The van der Waals surface area contributed by atoms with Crippen molar-refractivity contribution in [2.45, 2.75) is 32.6 Å². The number of nitro benzene ring substituents is 1. The van der Waals surface area contributed by atoms with Crippen LogP contribution in [0.15, 0.2) is 52.3 Å². The first-order valence-electron chi connectivity index (χ1n) is 8.35. The molecule has 138 valence electrons. The number of rotatable bonds is 6. The van der Waals surface area contributed by atoms with Crippen LogP contribution in [-0.2, 0) is 9.53 Å². The van der Waals surface area contributed by atoms with E-state index in [0.29, 0.717) is 23.3 Å². The second kappa shape index (κ2) is 8.28. The third kappa shape index (κ3) is 3.58. The lowest BCUT2D eigenvalue weighted by molar-refractivity contribution is -0.385. The Morgan fingerprint density at radius 3 is 2.65 bits per heavy atom. The SMILES string of the molecule is CCCC1=C(C(=O)OCC)C(c2ccccc2[N+](=O)[O-])/C(=C/N)C(N)=N1. The average Bonchev–Trinajstić information content (AvgIpc) is 2.61. The van der Waals surface area contributed by atoms with Crippen molar-refractivity contribution < 1.29 is 14.5 Å². The molecule has 0 spiro atoms. The number of esters is 1. The van der Waals surface area contributed by atoms with Crippen LogP contribution in [0.25, 0.3) is 0 Å². The van der Waals surface area contributed by atoms with Crippen molar-refractivity contribution in [3.05, 3.63) is 63.0 Å². The average molecular weight is 358 g/mol. The summed E-state index contributed by atoms with van der Waals surface area (Å²) in [6.45, 7) is 3.81. The Morgan fingerprint density at radius 2 is 2.08 bits per heavy atom. The van der Waals surface area contributed by atoms with E-state index >= 15 is 0 Å². The molecule has 2 rings (SSSR count). The van der Waals surface area contributed by atoms with Crippen LogP contribution in [0.2, 0.25) is 0 Å². The summed E-state index contributed by atoms with van der Waals surface area (Å²) in [5.74, 6) is -1.23. The number of nitrogens with two attached hydrogens (primary N) is 2. The van der Waals surface area contributed by atoms with Gasteiger partial charge in [0.2, 0.25) is 0 Å². The number of benzene rings is 1. The van der Waals surface area contributed by atoms with Crippen LogP contribution in [-0.4, -0.2) is 23.3 Å². The zero-order valence-electron chi connectivity index (χ0n) is 14.8. The van der Waals surface area contributed by atoms with E-state index in [9.17, 15) is 14.9 Å². The van der Waals surface area contributed by atoms with Crippen LogP contribution >= 0.6 is 0 Å². The third-order valence-electron chi connectivity index (χ3n) is 4.07. The number of aliphatic imine (C=N–C) groups is 1. The van der Waals surface area contributed by atoms with Gasteiger partial charge in [0, 0.05) is 23.4 Å². The number of carbonyl (C=O) groups excluding carboxylic acids is 1. The molecule has 0 saturated carbocycles. The first-order chi connectivity index (χ1) is 12.5. The van der Waals surface area contributed by atoms with Gasteiger partial charge in [-0.1, -0.05) is 31.5 Å². The Labute approximate surface area is 151 Å². The number of nitrogens with zero attached hydrogens (tertiary/aromatic N) is 2. The molecule has 1 aromatic rings. The highest BCUT2D eigenvalue weighted by Crippen LogP contribution is 2.42. The van der Waals surface area contributed by atoms with Crippen molar-refractivity contribution in [2.75, 3.05) is 6.61 Å². The van der Waals surface area contributed by atoms with E-state index in [1.54, 1.807) is 25.1 Å². The minimum Gasteiger partial charge on any atom is -0.463 e. The first-order valence-corrected chi connectivity index (χ1v) is 8.35. The molecule has 0 radical (unpaired) electrons. The van der Waals surface area contributed by atoms with Gasteiger partial charge in [-0.3, -0.25) is 10.1 Å². The monoisotopic (exact) mass is 358 g/mol. The van der Waals surface area contributed by atoms with Crippen LogP contribution in [0.5, 0.6) is 0 Å². The molecular formula is C18H22N4O4. The molecule has 0 aliphatic carbocycles. The minimum absolute atomic E-state index is 0.121. The van der Waals surface area contributed by atoms with Gasteiger partial charge >= 0.3 is 5.97 Å². The number of carbonyl (C=O) groups is 1. The smallest absolute Gasteiger partial charge is 0.336 e. The van der Waals surface area contributed by atoms with Gasteiger partial charge in [0.1, 0.15) is 5.84 Å². The quantitative estimate of drug-likeness (QED) is 0.456. The Bertz CT molecular complexity index is 811. The molecule has 8 heteroatoms. The van der Waals surface area contributed by atoms with Gasteiger partial charge in [-0.05, 0) is 13.3 Å². The van der Waals surface area contributed by atoms with E-state index in [1.165, 1.54) is 12.3 Å². The summed E-state index contributed by atoms with van der Waals surface area (Å²) < 4.78 is 5.19. The molecule has 0 aromatic heterocycles. The zero-order chi connectivity index (χ0) is 19.3. The molecule has 0 fully saturated rings. The Morgan fingerprint density at radius 1 is 1.38 bits per heavy atom. The fourth-order valence-corrected chi connectivity index (χ4v) is 3.01. The topological polar surface area (TPSA) is 134 Å². The van der Waals surface area contributed by atoms with Gasteiger partial charge in [-0.2, -0.15) is 0 Å². The normalized spacial score (nSPS) is 18.6. The van der Waals surface area contributed by atoms with Crippen molar-refractivity contribution in [1.29, 1.82) is 0 Å². The number of para-hydroxylation sites is 1. The van der Waals surface area contributed by atoms with Crippen molar-refractivity contribution >= 4 is 17.5 Å². The van der Waals surface area contributed by atoms with E-state index in [1.807, 2.05) is 6.92 Å². The fraction of sp³-hybridized carbons (Fsp3) is 0.333. The molecule has 1 heterocycles. The van der Waals surface area contributed by atoms with E-state index in [0.717, 1.165) is 6.42 Å². The predicted molar refractivity (Wildman–Crippen MR) is 98.3 cm³/mol. The second-order valence-electron chi connectivity index (χ2n) is 5.70. The summed E-state index contributed by atoms with van der Waals surface area (Å²) in [6.07, 6.45) is 2.45. The highest BCUT2D eigenvalue weighted by molar-refractivity contribution is 6.06. The maximum atomic E-state index is 12.7. The van der Waals surface area contributed by atoms with Gasteiger partial charge in [-0.25, -0.2) is 9.79 Å². The van der Waals surface area contributed by atoms with Crippen LogP contribution in [0.1, 0.15) is 38.2 Å². The van der Waals surface area contributed by atoms with Gasteiger partial charge in [0.05, 0.1) is 28.7 Å². The van der Waals surface area contributed by atoms with Crippen LogP contribution in [0, 0.1) is 10.1 Å². The summed E-state index contributed by atoms with van der Waals surface area (Å²) in [5, 5.41) is 11.5. The van der Waals surface area contributed by atoms with Gasteiger partial charge < -0.3 is 16.2 Å². The van der Waals surface area contributed by atoms with Crippen molar-refractivity contribution in [1.82, 2.24) is 0 Å². The Hall–Kier alpha value is -3.16. The lowest BCUT2D eigenvalue weighted by Gasteiger charge is -2.27. The molecular weight excluding hydrogens is 336 g/mol. The van der Waals surface area contributed by atoms with Gasteiger partial charge in [-0.15, -0.1) is 0 Å². The van der Waals surface area contributed by atoms with Crippen molar-refractivity contribution in [3.8, 4) is 0 Å². The number of amidine groups is 1. The molecule has 1 atom stereocenters. The first kappa shape index (κ1) is 19.2. The Kier molecular flexibility index (Phi) is 6.11. The molecule has 1 aliphatic rings. The number of nitro groups is 1. The molecule has 26 heavy (non-hydrogen) atoms. The molecule has 1 aliphatic heterocycles. The lowest BCUT2D eigenvalue weighted by Crippen LogP contribution is -2.30. The van der Waals surface area contributed by atoms with Gasteiger partial charge in [0.25, 0.3) is 5.69 Å². The summed E-state index contributed by atoms with van der Waals surface area (Å²) in [4.78, 5) is 28.0. The highest BCUT2D eigenvalue weighted by atomic mass is 16.6. The van der Waals surface area contributed by atoms with Crippen LogP contribution in [0.3, 0.4) is 0 Å². The highest BCUT2D eigenvalue weighted by Gasteiger charge is 2.38.